The van der Waals surface area contributed by atoms with Gasteiger partial charge in [0.1, 0.15) is 6.04 Å². The number of aromatic nitrogens is 1. The van der Waals surface area contributed by atoms with Gasteiger partial charge in [0.05, 0.1) is 14.4 Å². The molecule has 3 aromatic rings. The standard InChI is InChI=1S/C17H14BrN3O2S2/c1-10(19-16(23)13-7-8-14(18)25-13)15(22)21-17-20-12(9-24-17)11-5-3-2-4-6-11/h2-10H,1H3,(H,19,23)(H,20,21,22). The van der Waals surface area contributed by atoms with Crippen LogP contribution < -0.4 is 10.6 Å². The second-order valence-corrected chi connectivity index (χ2v) is 8.51. The minimum Gasteiger partial charge on any atom is -0.340 e. The van der Waals surface area contributed by atoms with Crippen molar-refractivity contribution in [3.63, 3.8) is 0 Å². The van der Waals surface area contributed by atoms with Gasteiger partial charge in [-0.3, -0.25) is 9.59 Å². The molecule has 0 saturated carbocycles. The molecular formula is C17H14BrN3O2S2. The summed E-state index contributed by atoms with van der Waals surface area (Å²) in [5, 5.41) is 7.82. The molecule has 8 heteroatoms. The second-order valence-electron chi connectivity index (χ2n) is 5.19. The topological polar surface area (TPSA) is 71.1 Å². The second kappa shape index (κ2) is 7.90. The summed E-state index contributed by atoms with van der Waals surface area (Å²) in [5.74, 6) is -0.583. The van der Waals surface area contributed by atoms with Crippen LogP contribution in [0.1, 0.15) is 16.6 Å². The van der Waals surface area contributed by atoms with E-state index in [4.69, 9.17) is 0 Å². The lowest BCUT2D eigenvalue weighted by molar-refractivity contribution is -0.117. The Balaban J connectivity index is 1.60. The summed E-state index contributed by atoms with van der Waals surface area (Å²) in [6, 6.07) is 12.6. The Labute approximate surface area is 161 Å². The van der Waals surface area contributed by atoms with Crippen molar-refractivity contribution in [1.82, 2.24) is 10.3 Å². The van der Waals surface area contributed by atoms with Crippen LogP contribution in [0.25, 0.3) is 11.3 Å². The molecule has 0 saturated heterocycles. The van der Waals surface area contributed by atoms with Gasteiger partial charge in [-0.1, -0.05) is 30.3 Å². The third-order valence-corrected chi connectivity index (χ3v) is 5.72. The van der Waals surface area contributed by atoms with Gasteiger partial charge >= 0.3 is 0 Å². The van der Waals surface area contributed by atoms with E-state index in [-0.39, 0.29) is 11.8 Å². The molecule has 2 aromatic heterocycles. The number of thiophene rings is 1. The van der Waals surface area contributed by atoms with Crippen LogP contribution in [0, 0.1) is 0 Å². The summed E-state index contributed by atoms with van der Waals surface area (Å²) < 4.78 is 0.867. The molecule has 2 N–H and O–H groups in total. The predicted molar refractivity (Wildman–Crippen MR) is 105 cm³/mol. The van der Waals surface area contributed by atoms with E-state index in [0.29, 0.717) is 10.0 Å². The maximum atomic E-state index is 12.3. The van der Waals surface area contributed by atoms with Crippen molar-refractivity contribution in [1.29, 1.82) is 0 Å². The fourth-order valence-corrected chi connectivity index (χ4v) is 4.07. The van der Waals surface area contributed by atoms with Gasteiger partial charge in [0, 0.05) is 10.9 Å². The summed E-state index contributed by atoms with van der Waals surface area (Å²) in [4.78, 5) is 29.3. The van der Waals surface area contributed by atoms with Crippen LogP contribution in [-0.2, 0) is 4.79 Å². The molecule has 1 aromatic carbocycles. The van der Waals surface area contributed by atoms with Gasteiger partial charge in [0.15, 0.2) is 5.13 Å². The van der Waals surface area contributed by atoms with Crippen LogP contribution in [0.3, 0.4) is 0 Å². The quantitative estimate of drug-likeness (QED) is 0.623. The number of carbonyl (C=O) groups is 2. The van der Waals surface area contributed by atoms with Crippen molar-refractivity contribution in [2.24, 2.45) is 0 Å². The van der Waals surface area contributed by atoms with Crippen molar-refractivity contribution in [3.05, 3.63) is 56.5 Å². The Morgan fingerprint density at radius 3 is 2.60 bits per heavy atom. The van der Waals surface area contributed by atoms with Crippen molar-refractivity contribution in [3.8, 4) is 11.3 Å². The van der Waals surface area contributed by atoms with E-state index in [1.165, 1.54) is 22.7 Å². The molecule has 128 valence electrons. The molecule has 2 amide bonds. The SMILES string of the molecule is CC(NC(=O)c1ccc(Br)s1)C(=O)Nc1nc(-c2ccccc2)cs1. The Morgan fingerprint density at radius 1 is 1.16 bits per heavy atom. The fraction of sp³-hybridized carbons (Fsp3) is 0.118. The first kappa shape index (κ1) is 17.8. The number of anilines is 1. The molecule has 0 radical (unpaired) electrons. The van der Waals surface area contributed by atoms with Crippen molar-refractivity contribution < 1.29 is 9.59 Å². The molecule has 0 fully saturated rings. The Bertz CT molecular complexity index is 892. The number of thiazole rings is 1. The Morgan fingerprint density at radius 2 is 1.92 bits per heavy atom. The summed E-state index contributed by atoms with van der Waals surface area (Å²) in [5.41, 5.74) is 1.80. The number of amides is 2. The smallest absolute Gasteiger partial charge is 0.262 e. The maximum absolute atomic E-state index is 12.3. The first-order valence-electron chi connectivity index (χ1n) is 7.41. The third kappa shape index (κ3) is 4.53. The monoisotopic (exact) mass is 435 g/mol. The third-order valence-electron chi connectivity index (χ3n) is 3.34. The maximum Gasteiger partial charge on any atom is 0.262 e. The highest BCUT2D eigenvalue weighted by Crippen LogP contribution is 2.25. The number of rotatable bonds is 5. The van der Waals surface area contributed by atoms with Gasteiger partial charge in [0.2, 0.25) is 5.91 Å². The molecule has 0 aliphatic carbocycles. The van der Waals surface area contributed by atoms with Crippen molar-refractivity contribution in [2.75, 3.05) is 5.32 Å². The van der Waals surface area contributed by atoms with Crippen LogP contribution in [0.5, 0.6) is 0 Å². The summed E-state index contributed by atoms with van der Waals surface area (Å²) in [6.07, 6.45) is 0. The molecule has 0 bridgehead atoms. The average molecular weight is 436 g/mol. The number of halogens is 1. The highest BCUT2D eigenvalue weighted by atomic mass is 79.9. The van der Waals surface area contributed by atoms with Crippen molar-refractivity contribution in [2.45, 2.75) is 13.0 Å². The van der Waals surface area contributed by atoms with E-state index in [1.807, 2.05) is 35.7 Å². The lowest BCUT2D eigenvalue weighted by Gasteiger charge is -2.12. The first-order valence-corrected chi connectivity index (χ1v) is 9.90. The lowest BCUT2D eigenvalue weighted by atomic mass is 10.2. The number of carbonyl (C=O) groups excluding carboxylic acids is 2. The molecule has 25 heavy (non-hydrogen) atoms. The van der Waals surface area contributed by atoms with Crippen LogP contribution in [-0.4, -0.2) is 22.8 Å². The minimum atomic E-state index is -0.669. The highest BCUT2D eigenvalue weighted by molar-refractivity contribution is 9.11. The molecule has 1 unspecified atom stereocenters. The highest BCUT2D eigenvalue weighted by Gasteiger charge is 2.19. The lowest BCUT2D eigenvalue weighted by Crippen LogP contribution is -2.41. The first-order chi connectivity index (χ1) is 12.0. The summed E-state index contributed by atoms with van der Waals surface area (Å²) in [6.45, 7) is 1.64. The summed E-state index contributed by atoms with van der Waals surface area (Å²) in [7, 11) is 0. The zero-order chi connectivity index (χ0) is 17.8. The number of nitrogens with zero attached hydrogens (tertiary/aromatic N) is 1. The van der Waals surface area contributed by atoms with E-state index in [0.717, 1.165) is 15.0 Å². The van der Waals surface area contributed by atoms with Crippen molar-refractivity contribution >= 4 is 55.5 Å². The average Bonchev–Trinajstić information content (AvgIpc) is 3.24. The number of hydrogen-bond acceptors (Lipinski definition) is 5. The zero-order valence-electron chi connectivity index (χ0n) is 13.2. The van der Waals surface area contributed by atoms with Crippen LogP contribution in [0.4, 0.5) is 5.13 Å². The normalized spacial score (nSPS) is 11.8. The minimum absolute atomic E-state index is 0.275. The molecule has 0 spiro atoms. The van der Waals surface area contributed by atoms with Gasteiger partial charge < -0.3 is 10.6 Å². The van der Waals surface area contributed by atoms with Gasteiger partial charge in [0.25, 0.3) is 5.91 Å². The number of nitrogens with one attached hydrogen (secondary N) is 2. The van der Waals surface area contributed by atoms with Crippen LogP contribution >= 0.6 is 38.6 Å². The van der Waals surface area contributed by atoms with E-state index in [2.05, 4.69) is 31.5 Å². The molecule has 3 rings (SSSR count). The van der Waals surface area contributed by atoms with Gasteiger partial charge in [-0.15, -0.1) is 22.7 Å². The van der Waals surface area contributed by atoms with E-state index >= 15 is 0 Å². The largest absolute Gasteiger partial charge is 0.340 e. The summed E-state index contributed by atoms with van der Waals surface area (Å²) >= 11 is 5.98. The molecule has 5 nitrogen and oxygen atoms in total. The molecular weight excluding hydrogens is 422 g/mol. The number of hydrogen-bond donors (Lipinski definition) is 2. The Kier molecular flexibility index (Phi) is 5.62. The van der Waals surface area contributed by atoms with Crippen LogP contribution in [0.2, 0.25) is 0 Å². The number of benzene rings is 1. The van der Waals surface area contributed by atoms with Gasteiger partial charge in [-0.25, -0.2) is 4.98 Å². The van der Waals surface area contributed by atoms with E-state index in [9.17, 15) is 9.59 Å². The van der Waals surface area contributed by atoms with Gasteiger partial charge in [-0.2, -0.15) is 0 Å². The molecule has 1 atom stereocenters. The fourth-order valence-electron chi connectivity index (χ4n) is 2.06. The van der Waals surface area contributed by atoms with E-state index in [1.54, 1.807) is 19.1 Å². The van der Waals surface area contributed by atoms with Gasteiger partial charge in [-0.05, 0) is 35.0 Å². The predicted octanol–water partition coefficient (Wildman–Crippen LogP) is 4.39. The van der Waals surface area contributed by atoms with Crippen LogP contribution in [0.15, 0.2) is 51.6 Å². The van der Waals surface area contributed by atoms with E-state index < -0.39 is 6.04 Å². The molecule has 2 heterocycles. The zero-order valence-corrected chi connectivity index (χ0v) is 16.4. The molecule has 0 aliphatic heterocycles. The Hall–Kier alpha value is -2.03. The molecule has 0 aliphatic rings.